The van der Waals surface area contributed by atoms with Gasteiger partial charge in [-0.1, -0.05) is 11.6 Å². The Morgan fingerprint density at radius 2 is 1.81 bits per heavy atom. The van der Waals surface area contributed by atoms with Crippen molar-refractivity contribution in [1.29, 1.82) is 0 Å². The van der Waals surface area contributed by atoms with E-state index in [0.29, 0.717) is 27.9 Å². The molecular weight excluding hydrogens is 360 g/mol. The summed E-state index contributed by atoms with van der Waals surface area (Å²) in [5, 5.41) is 0.424. The van der Waals surface area contributed by atoms with Crippen molar-refractivity contribution in [2.75, 3.05) is 14.2 Å². The van der Waals surface area contributed by atoms with Gasteiger partial charge >= 0.3 is 5.97 Å². The number of hydrogen-bond donors (Lipinski definition) is 0. The van der Waals surface area contributed by atoms with Crippen molar-refractivity contribution in [1.82, 2.24) is 9.38 Å². The number of fused-ring (bicyclic) bond motifs is 1. The fourth-order valence-corrected chi connectivity index (χ4v) is 2.51. The third-order valence-electron chi connectivity index (χ3n) is 3.61. The van der Waals surface area contributed by atoms with Crippen LogP contribution in [0.5, 0.6) is 11.5 Å². The van der Waals surface area contributed by atoms with E-state index in [1.165, 1.54) is 43.0 Å². The predicted molar refractivity (Wildman–Crippen MR) is 95.1 cm³/mol. The number of esters is 1. The van der Waals surface area contributed by atoms with E-state index >= 15 is 0 Å². The first kappa shape index (κ1) is 17.8. The summed E-state index contributed by atoms with van der Waals surface area (Å²) in [7, 11) is 2.98. The molecule has 0 atom stereocenters. The molecule has 0 saturated heterocycles. The Labute approximate surface area is 153 Å². The van der Waals surface area contributed by atoms with E-state index in [4.69, 9.17) is 25.8 Å². The highest BCUT2D eigenvalue weighted by Gasteiger charge is 2.12. The van der Waals surface area contributed by atoms with Crippen LogP contribution < -0.4 is 15.0 Å². The molecule has 0 N–H and O–H groups in total. The van der Waals surface area contributed by atoms with Crippen molar-refractivity contribution in [3.8, 4) is 11.5 Å². The van der Waals surface area contributed by atoms with Crippen LogP contribution in [0.1, 0.15) is 16.1 Å². The molecule has 26 heavy (non-hydrogen) atoms. The lowest BCUT2D eigenvalue weighted by molar-refractivity contribution is 0.0467. The van der Waals surface area contributed by atoms with E-state index in [2.05, 4.69) is 4.98 Å². The molecule has 0 saturated carbocycles. The van der Waals surface area contributed by atoms with Crippen LogP contribution in [-0.4, -0.2) is 29.6 Å². The number of aromatic nitrogens is 2. The molecule has 3 aromatic rings. The number of carbonyl (C=O) groups excluding carboxylic acids is 1. The van der Waals surface area contributed by atoms with Gasteiger partial charge in [0.05, 0.1) is 30.5 Å². The summed E-state index contributed by atoms with van der Waals surface area (Å²) in [6, 6.07) is 9.26. The van der Waals surface area contributed by atoms with Gasteiger partial charge < -0.3 is 14.2 Å². The zero-order chi connectivity index (χ0) is 18.7. The number of hydrogen-bond acceptors (Lipinski definition) is 6. The Balaban J connectivity index is 1.80. The maximum Gasteiger partial charge on any atom is 0.338 e. The van der Waals surface area contributed by atoms with E-state index in [1.807, 2.05) is 0 Å². The number of benzene rings is 1. The molecule has 7 nitrogen and oxygen atoms in total. The van der Waals surface area contributed by atoms with Gasteiger partial charge in [0.1, 0.15) is 23.8 Å². The minimum Gasteiger partial charge on any atom is -0.497 e. The van der Waals surface area contributed by atoms with Crippen LogP contribution in [0.15, 0.2) is 47.4 Å². The molecule has 0 aliphatic carbocycles. The number of halogens is 1. The molecular formula is C18H15ClN2O5. The first-order valence-corrected chi connectivity index (χ1v) is 7.96. The van der Waals surface area contributed by atoms with E-state index in [-0.39, 0.29) is 17.7 Å². The van der Waals surface area contributed by atoms with E-state index in [9.17, 15) is 9.59 Å². The van der Waals surface area contributed by atoms with E-state index in [0.717, 1.165) is 0 Å². The third kappa shape index (κ3) is 3.78. The minimum absolute atomic E-state index is 0.146. The first-order chi connectivity index (χ1) is 12.5. The number of carbonyl (C=O) groups is 1. The van der Waals surface area contributed by atoms with Crippen molar-refractivity contribution in [3.63, 3.8) is 0 Å². The lowest BCUT2D eigenvalue weighted by Crippen LogP contribution is -2.16. The Hall–Kier alpha value is -3.06. The van der Waals surface area contributed by atoms with Gasteiger partial charge in [0.2, 0.25) is 0 Å². The molecule has 0 aliphatic heterocycles. The topological polar surface area (TPSA) is 79.1 Å². The fourth-order valence-electron chi connectivity index (χ4n) is 2.35. The zero-order valence-electron chi connectivity index (χ0n) is 14.1. The molecule has 2 aromatic heterocycles. The van der Waals surface area contributed by atoms with Crippen LogP contribution in [0, 0.1) is 0 Å². The van der Waals surface area contributed by atoms with Crippen LogP contribution in [0.3, 0.4) is 0 Å². The largest absolute Gasteiger partial charge is 0.497 e. The van der Waals surface area contributed by atoms with Gasteiger partial charge in [0.15, 0.2) is 0 Å². The normalized spacial score (nSPS) is 10.6. The van der Waals surface area contributed by atoms with Crippen LogP contribution >= 0.6 is 11.6 Å². The average molecular weight is 375 g/mol. The Kier molecular flexibility index (Phi) is 5.09. The van der Waals surface area contributed by atoms with Crippen LogP contribution in [-0.2, 0) is 11.3 Å². The summed E-state index contributed by atoms with van der Waals surface area (Å²) in [6.45, 7) is -0.146. The molecule has 0 unspecified atom stereocenters. The molecule has 0 spiro atoms. The quantitative estimate of drug-likeness (QED) is 0.639. The van der Waals surface area contributed by atoms with Crippen LogP contribution in [0.25, 0.3) is 5.65 Å². The second kappa shape index (κ2) is 7.45. The molecule has 0 radical (unpaired) electrons. The molecule has 0 aliphatic rings. The van der Waals surface area contributed by atoms with Gasteiger partial charge in [-0.15, -0.1) is 0 Å². The number of methoxy groups -OCH3 is 2. The number of rotatable bonds is 5. The molecule has 8 heteroatoms. The molecule has 0 bridgehead atoms. The van der Waals surface area contributed by atoms with Gasteiger partial charge in [-0.25, -0.2) is 9.78 Å². The van der Waals surface area contributed by atoms with E-state index in [1.54, 1.807) is 18.2 Å². The highest BCUT2D eigenvalue weighted by Crippen LogP contribution is 2.23. The highest BCUT2D eigenvalue weighted by molar-refractivity contribution is 6.30. The van der Waals surface area contributed by atoms with Crippen LogP contribution in [0.2, 0.25) is 5.02 Å². The lowest BCUT2D eigenvalue weighted by atomic mass is 10.2. The first-order valence-electron chi connectivity index (χ1n) is 7.58. The summed E-state index contributed by atoms with van der Waals surface area (Å²) in [5.74, 6) is 0.353. The lowest BCUT2D eigenvalue weighted by Gasteiger charge is -2.09. The summed E-state index contributed by atoms with van der Waals surface area (Å²) in [4.78, 5) is 28.7. The van der Waals surface area contributed by atoms with Crippen molar-refractivity contribution >= 4 is 23.2 Å². The van der Waals surface area contributed by atoms with Crippen molar-refractivity contribution in [2.24, 2.45) is 0 Å². The standard InChI is InChI=1S/C18H15ClN2O5/c1-24-14-5-11(6-15(8-14)25-2)18(23)26-10-13-7-17(22)21-9-12(19)3-4-16(21)20-13/h3-9H,10H2,1-2H3. The molecule has 0 amide bonds. The van der Waals surface area contributed by atoms with Crippen LogP contribution in [0.4, 0.5) is 0 Å². The van der Waals surface area contributed by atoms with Gasteiger partial charge in [-0.2, -0.15) is 0 Å². The van der Waals surface area contributed by atoms with Crippen molar-refractivity contribution in [2.45, 2.75) is 6.61 Å². The number of ether oxygens (including phenoxy) is 3. The molecule has 0 fully saturated rings. The summed E-state index contributed by atoms with van der Waals surface area (Å²) < 4.78 is 16.8. The Morgan fingerprint density at radius 1 is 1.12 bits per heavy atom. The average Bonchev–Trinajstić information content (AvgIpc) is 2.66. The second-order valence-electron chi connectivity index (χ2n) is 5.34. The Morgan fingerprint density at radius 3 is 2.46 bits per heavy atom. The molecule has 2 heterocycles. The number of pyridine rings is 1. The summed E-state index contributed by atoms with van der Waals surface area (Å²) >= 11 is 5.87. The van der Waals surface area contributed by atoms with Gasteiger partial charge in [-0.3, -0.25) is 9.20 Å². The maximum absolute atomic E-state index is 12.3. The maximum atomic E-state index is 12.3. The summed E-state index contributed by atoms with van der Waals surface area (Å²) in [6.07, 6.45) is 1.48. The van der Waals surface area contributed by atoms with Gasteiger partial charge in [0, 0.05) is 18.3 Å². The fraction of sp³-hybridized carbons (Fsp3) is 0.167. The third-order valence-corrected chi connectivity index (χ3v) is 3.84. The number of nitrogens with zero attached hydrogens (tertiary/aromatic N) is 2. The van der Waals surface area contributed by atoms with Crippen molar-refractivity contribution in [3.05, 3.63) is 69.2 Å². The molecule has 134 valence electrons. The van der Waals surface area contributed by atoms with Crippen molar-refractivity contribution < 1.29 is 19.0 Å². The molecule has 1 aromatic carbocycles. The van der Waals surface area contributed by atoms with Gasteiger partial charge in [0.25, 0.3) is 5.56 Å². The second-order valence-corrected chi connectivity index (χ2v) is 5.78. The predicted octanol–water partition coefficient (Wildman–Crippen LogP) is 2.72. The zero-order valence-corrected chi connectivity index (χ0v) is 14.8. The molecule has 3 rings (SSSR count). The minimum atomic E-state index is -0.583. The SMILES string of the molecule is COc1cc(OC)cc(C(=O)OCc2cc(=O)n3cc(Cl)ccc3n2)c1. The highest BCUT2D eigenvalue weighted by atomic mass is 35.5. The summed E-state index contributed by atoms with van der Waals surface area (Å²) in [5.41, 5.74) is 0.702. The smallest absolute Gasteiger partial charge is 0.338 e. The Bertz CT molecular complexity index is 1010. The van der Waals surface area contributed by atoms with Gasteiger partial charge in [-0.05, 0) is 24.3 Å². The monoisotopic (exact) mass is 374 g/mol. The van der Waals surface area contributed by atoms with E-state index < -0.39 is 5.97 Å².